The number of rotatable bonds is 12. The Balaban J connectivity index is 2.09. The number of hydrogen-bond donors (Lipinski definition) is 4. The Kier molecular flexibility index (Phi) is 10.2. The highest BCUT2D eigenvalue weighted by atomic mass is 32.2. The topological polar surface area (TPSA) is 163 Å². The number of carbonyl (C=O) groups is 3. The van der Waals surface area contributed by atoms with Gasteiger partial charge in [0.05, 0.1) is 5.75 Å². The molecule has 0 aromatic heterocycles. The number of nitrogens with zero attached hydrogens (tertiary/aromatic N) is 1. The van der Waals surface area contributed by atoms with E-state index in [9.17, 15) is 22.8 Å². The Labute approximate surface area is 207 Å². The molecule has 3 amide bonds. The van der Waals surface area contributed by atoms with Crippen molar-refractivity contribution in [2.45, 2.75) is 64.6 Å². The summed E-state index contributed by atoms with van der Waals surface area (Å²) in [5.74, 6) is -1.57. The summed E-state index contributed by atoms with van der Waals surface area (Å²) in [6, 6.07) is 5.23. The normalized spacial score (nSPS) is 16.7. The van der Waals surface area contributed by atoms with Crippen molar-refractivity contribution in [1.82, 2.24) is 15.5 Å². The van der Waals surface area contributed by atoms with Gasteiger partial charge in [-0.15, -0.1) is 0 Å². The fourth-order valence-electron chi connectivity index (χ4n) is 4.15. The van der Waals surface area contributed by atoms with Crippen molar-refractivity contribution < 1.29 is 22.8 Å². The van der Waals surface area contributed by atoms with Gasteiger partial charge in [0.2, 0.25) is 17.7 Å². The molecule has 1 heterocycles. The molecule has 1 aromatic carbocycles. The van der Waals surface area contributed by atoms with E-state index in [1.807, 2.05) is 13.8 Å². The molecule has 1 aromatic rings. The molecule has 10 nitrogen and oxygen atoms in total. The van der Waals surface area contributed by atoms with Gasteiger partial charge in [0.25, 0.3) is 0 Å². The van der Waals surface area contributed by atoms with Crippen LogP contribution in [0.2, 0.25) is 0 Å². The summed E-state index contributed by atoms with van der Waals surface area (Å²) in [4.78, 5) is 40.4. The van der Waals surface area contributed by atoms with Crippen LogP contribution in [-0.4, -0.2) is 67.5 Å². The fourth-order valence-corrected chi connectivity index (χ4v) is 4.81. The summed E-state index contributed by atoms with van der Waals surface area (Å²) in [6.07, 6.45) is 3.38. The molecule has 2 atom stereocenters. The first-order valence-electron chi connectivity index (χ1n) is 12.0. The van der Waals surface area contributed by atoms with Crippen LogP contribution in [0, 0.1) is 11.3 Å². The van der Waals surface area contributed by atoms with Crippen molar-refractivity contribution in [3.8, 4) is 0 Å². The van der Waals surface area contributed by atoms with Gasteiger partial charge >= 0.3 is 0 Å². The van der Waals surface area contributed by atoms with E-state index in [0.717, 1.165) is 11.8 Å². The zero-order chi connectivity index (χ0) is 26.2. The van der Waals surface area contributed by atoms with Gasteiger partial charge in [0, 0.05) is 30.8 Å². The van der Waals surface area contributed by atoms with E-state index in [-0.39, 0.29) is 42.3 Å². The molecular weight excluding hydrogens is 470 g/mol. The van der Waals surface area contributed by atoms with Crippen LogP contribution >= 0.6 is 0 Å². The van der Waals surface area contributed by atoms with E-state index in [4.69, 9.17) is 11.1 Å². The fraction of sp³-hybridized carbons (Fsp3) is 0.583. The lowest BCUT2D eigenvalue weighted by Gasteiger charge is -2.29. The van der Waals surface area contributed by atoms with Gasteiger partial charge in [0.15, 0.2) is 0 Å². The molecular formula is C24H37N5O5S. The van der Waals surface area contributed by atoms with E-state index in [1.165, 1.54) is 4.90 Å². The number of carbonyl (C=O) groups excluding carboxylic acids is 3. The van der Waals surface area contributed by atoms with Gasteiger partial charge in [-0.05, 0) is 37.7 Å². The first-order valence-corrected chi connectivity index (χ1v) is 14.0. The molecule has 35 heavy (non-hydrogen) atoms. The van der Waals surface area contributed by atoms with Crippen LogP contribution in [0.4, 0.5) is 0 Å². The van der Waals surface area contributed by atoms with Gasteiger partial charge in [-0.2, -0.15) is 0 Å². The van der Waals surface area contributed by atoms with Gasteiger partial charge in [-0.3, -0.25) is 19.8 Å². The van der Waals surface area contributed by atoms with Crippen LogP contribution < -0.4 is 16.4 Å². The molecule has 2 rings (SSSR count). The molecule has 1 aliphatic heterocycles. The van der Waals surface area contributed by atoms with Gasteiger partial charge in [-0.25, -0.2) is 8.42 Å². The number of hydrogen-bond acceptors (Lipinski definition) is 6. The van der Waals surface area contributed by atoms with E-state index in [1.54, 1.807) is 24.3 Å². The average molecular weight is 508 g/mol. The van der Waals surface area contributed by atoms with Crippen molar-refractivity contribution >= 4 is 33.4 Å². The van der Waals surface area contributed by atoms with Crippen molar-refractivity contribution in [1.29, 1.82) is 5.41 Å². The van der Waals surface area contributed by atoms with Gasteiger partial charge in [-0.1, -0.05) is 38.1 Å². The van der Waals surface area contributed by atoms with E-state index >= 15 is 0 Å². The molecule has 0 unspecified atom stereocenters. The third-order valence-corrected chi connectivity index (χ3v) is 7.30. The number of likely N-dealkylation sites (tertiary alicyclic amines) is 1. The number of amidine groups is 1. The number of nitrogens with one attached hydrogen (secondary N) is 3. The Bertz CT molecular complexity index is 1020. The summed E-state index contributed by atoms with van der Waals surface area (Å²) in [7, 11) is -3.34. The summed E-state index contributed by atoms with van der Waals surface area (Å²) >= 11 is 0. The van der Waals surface area contributed by atoms with Crippen LogP contribution in [0.15, 0.2) is 24.3 Å². The van der Waals surface area contributed by atoms with Gasteiger partial charge < -0.3 is 21.3 Å². The number of amides is 3. The SMILES string of the molecule is CCC(CC)C(=O)N[C@@H](CCS(C)(=O)=O)C(=O)N1CCC[C@H]1C(=O)NCc1ccc(C(=N)N)cc1. The number of nitrogens with two attached hydrogens (primary N) is 1. The lowest BCUT2D eigenvalue weighted by Crippen LogP contribution is -2.54. The number of sulfone groups is 1. The predicted molar refractivity (Wildman–Crippen MR) is 134 cm³/mol. The smallest absolute Gasteiger partial charge is 0.245 e. The lowest BCUT2D eigenvalue weighted by atomic mass is 10.0. The maximum atomic E-state index is 13.4. The van der Waals surface area contributed by atoms with Crippen LogP contribution in [0.25, 0.3) is 0 Å². The molecule has 0 aliphatic carbocycles. The second-order valence-corrected chi connectivity index (χ2v) is 11.3. The van der Waals surface area contributed by atoms with Crippen molar-refractivity contribution in [3.05, 3.63) is 35.4 Å². The summed E-state index contributed by atoms with van der Waals surface area (Å²) in [5, 5.41) is 13.0. The molecule has 1 saturated heterocycles. The Hall–Kier alpha value is -2.95. The molecule has 0 radical (unpaired) electrons. The highest BCUT2D eigenvalue weighted by Gasteiger charge is 2.38. The highest BCUT2D eigenvalue weighted by Crippen LogP contribution is 2.20. The minimum absolute atomic E-state index is 0.0394. The highest BCUT2D eigenvalue weighted by molar-refractivity contribution is 7.90. The predicted octanol–water partition coefficient (Wildman–Crippen LogP) is 0.934. The monoisotopic (exact) mass is 507 g/mol. The summed E-state index contributed by atoms with van der Waals surface area (Å²) in [6.45, 7) is 4.38. The minimum atomic E-state index is -3.34. The molecule has 1 aliphatic rings. The minimum Gasteiger partial charge on any atom is -0.384 e. The first-order chi connectivity index (χ1) is 16.5. The number of nitrogen functional groups attached to an aromatic ring is 1. The molecule has 0 saturated carbocycles. The van der Waals surface area contributed by atoms with E-state index in [2.05, 4.69) is 10.6 Å². The third-order valence-electron chi connectivity index (χ3n) is 6.32. The van der Waals surface area contributed by atoms with Crippen molar-refractivity contribution in [2.24, 2.45) is 11.7 Å². The third kappa shape index (κ3) is 8.34. The van der Waals surface area contributed by atoms with Crippen LogP contribution in [-0.2, 0) is 30.8 Å². The lowest BCUT2D eigenvalue weighted by molar-refractivity contribution is -0.142. The quantitative estimate of drug-likeness (QED) is 0.243. The van der Waals surface area contributed by atoms with Crippen molar-refractivity contribution in [3.63, 3.8) is 0 Å². The van der Waals surface area contributed by atoms with Crippen LogP contribution in [0.3, 0.4) is 0 Å². The van der Waals surface area contributed by atoms with Gasteiger partial charge in [0.1, 0.15) is 27.8 Å². The van der Waals surface area contributed by atoms with E-state index in [0.29, 0.717) is 37.8 Å². The Morgan fingerprint density at radius 1 is 1.17 bits per heavy atom. The summed E-state index contributed by atoms with van der Waals surface area (Å²) < 4.78 is 23.5. The Morgan fingerprint density at radius 3 is 2.34 bits per heavy atom. The van der Waals surface area contributed by atoms with Crippen LogP contribution in [0.1, 0.15) is 57.1 Å². The summed E-state index contributed by atoms with van der Waals surface area (Å²) in [5.41, 5.74) is 6.87. The molecule has 194 valence electrons. The first kappa shape index (κ1) is 28.3. The second-order valence-electron chi connectivity index (χ2n) is 9.01. The van der Waals surface area contributed by atoms with Crippen LogP contribution in [0.5, 0.6) is 0 Å². The largest absolute Gasteiger partial charge is 0.384 e. The maximum Gasteiger partial charge on any atom is 0.245 e. The van der Waals surface area contributed by atoms with E-state index < -0.39 is 27.8 Å². The zero-order valence-electron chi connectivity index (χ0n) is 20.7. The maximum absolute atomic E-state index is 13.4. The second kappa shape index (κ2) is 12.7. The molecule has 1 fully saturated rings. The van der Waals surface area contributed by atoms with Crippen molar-refractivity contribution in [2.75, 3.05) is 18.6 Å². The molecule has 0 spiro atoms. The molecule has 5 N–H and O–H groups in total. The zero-order valence-corrected chi connectivity index (χ0v) is 21.5. The Morgan fingerprint density at radius 2 is 1.80 bits per heavy atom. The standard InChI is InChI=1S/C24H37N5O5S/c1-4-17(5-2)22(30)28-19(12-14-35(3,33)34)24(32)29-13-6-7-20(29)23(31)27-15-16-8-10-18(11-9-16)21(25)26/h8-11,17,19-20H,4-7,12-15H2,1-3H3,(H3,25,26)(H,27,31)(H,28,30)/t19-,20-/m0/s1. The molecule has 11 heteroatoms. The molecule has 0 bridgehead atoms. The average Bonchev–Trinajstić information content (AvgIpc) is 3.30. The number of benzene rings is 1.